The zero-order chi connectivity index (χ0) is 17.2. The van der Waals surface area contributed by atoms with Gasteiger partial charge >= 0.3 is 5.97 Å². The highest BCUT2D eigenvalue weighted by molar-refractivity contribution is 6.30. The number of nitrogens with two attached hydrogens (primary N) is 1. The Morgan fingerprint density at radius 1 is 1.17 bits per heavy atom. The van der Waals surface area contributed by atoms with Crippen molar-refractivity contribution in [3.05, 3.63) is 34.9 Å². The summed E-state index contributed by atoms with van der Waals surface area (Å²) in [6, 6.07) is 7.76. The average molecular weight is 351 g/mol. The largest absolute Gasteiger partial charge is 0.459 e. The van der Waals surface area contributed by atoms with E-state index in [0.29, 0.717) is 10.9 Å². The van der Waals surface area contributed by atoms with Crippen molar-refractivity contribution in [1.82, 2.24) is 0 Å². The topological polar surface area (TPSA) is 42.9 Å². The summed E-state index contributed by atoms with van der Waals surface area (Å²) < 4.78 is 6.16. The van der Waals surface area contributed by atoms with Crippen LogP contribution in [0.4, 0.5) is 0 Å². The molecule has 2 fully saturated rings. The number of halogens is 1. The minimum Gasteiger partial charge on any atom is -0.459 e. The molecule has 1 aromatic rings. The van der Waals surface area contributed by atoms with Gasteiger partial charge in [-0.25, -0.2) is 0 Å². The Hall–Kier alpha value is -1.06. The van der Waals surface area contributed by atoms with E-state index in [1.165, 1.54) is 0 Å². The molecule has 1 aliphatic carbocycles. The van der Waals surface area contributed by atoms with Crippen LogP contribution in [0, 0.1) is 5.92 Å². The van der Waals surface area contributed by atoms with E-state index >= 15 is 0 Å². The van der Waals surface area contributed by atoms with Crippen molar-refractivity contribution in [2.75, 3.05) is 13.1 Å². The van der Waals surface area contributed by atoms with Crippen LogP contribution in [-0.4, -0.2) is 24.7 Å². The van der Waals surface area contributed by atoms with Gasteiger partial charge in [-0.05, 0) is 44.4 Å². The van der Waals surface area contributed by atoms with Crippen LogP contribution in [0.15, 0.2) is 24.3 Å². The van der Waals surface area contributed by atoms with Gasteiger partial charge < -0.3 is 10.1 Å². The average Bonchev–Trinajstić information content (AvgIpc) is 3.07. The van der Waals surface area contributed by atoms with E-state index in [0.717, 1.165) is 57.2 Å². The van der Waals surface area contributed by atoms with Gasteiger partial charge in [0.2, 0.25) is 0 Å². The second kappa shape index (κ2) is 7.05. The summed E-state index contributed by atoms with van der Waals surface area (Å²) >= 11 is 6.03. The predicted octanol–water partition coefficient (Wildman–Crippen LogP) is 3.45. The van der Waals surface area contributed by atoms with E-state index in [1.807, 2.05) is 24.3 Å². The number of rotatable bonds is 4. The molecule has 3 nitrogen and oxygen atoms in total. The van der Waals surface area contributed by atoms with Crippen molar-refractivity contribution in [3.63, 3.8) is 0 Å². The Kier molecular flexibility index (Phi) is 5.22. The van der Waals surface area contributed by atoms with Crippen LogP contribution < -0.4 is 5.32 Å². The number of carbonyl (C=O) groups is 1. The van der Waals surface area contributed by atoms with Gasteiger partial charge in [-0.1, -0.05) is 36.6 Å². The monoisotopic (exact) mass is 350 g/mol. The molecule has 1 aromatic carbocycles. The van der Waals surface area contributed by atoms with Crippen molar-refractivity contribution >= 4 is 17.6 Å². The van der Waals surface area contributed by atoms with E-state index in [2.05, 4.69) is 19.2 Å². The molecule has 0 amide bonds. The van der Waals surface area contributed by atoms with Crippen molar-refractivity contribution in [2.24, 2.45) is 5.92 Å². The van der Waals surface area contributed by atoms with E-state index in [1.54, 1.807) is 0 Å². The van der Waals surface area contributed by atoms with Crippen LogP contribution in [0.2, 0.25) is 5.02 Å². The second-order valence-electron chi connectivity index (χ2n) is 7.93. The third kappa shape index (κ3) is 3.48. The Bertz CT molecular complexity index is 570. The summed E-state index contributed by atoms with van der Waals surface area (Å²) in [4.78, 5) is 13.2. The summed E-state index contributed by atoms with van der Waals surface area (Å²) in [5.41, 5.74) is 0.179. The van der Waals surface area contributed by atoms with Gasteiger partial charge in [-0.15, -0.1) is 0 Å². The van der Waals surface area contributed by atoms with Crippen LogP contribution in [0.25, 0.3) is 0 Å². The molecule has 0 spiro atoms. The van der Waals surface area contributed by atoms with Crippen LogP contribution >= 0.6 is 11.6 Å². The van der Waals surface area contributed by atoms with Crippen LogP contribution in [-0.2, 0) is 14.9 Å². The quantitative estimate of drug-likeness (QED) is 0.845. The standard InChI is InChI=1S/C20H28ClNO2/c1-19(2,15-9-13-22-14-10-15)24-18(23)20(11-3-4-12-20)16-5-7-17(21)8-6-16/h5-8,15,22H,3-4,9-14H2,1-2H3/p+1. The summed E-state index contributed by atoms with van der Waals surface area (Å²) in [5.74, 6) is 0.414. The molecular formula is C20H29ClNO2+. The zero-order valence-electron chi connectivity index (χ0n) is 14.8. The lowest BCUT2D eigenvalue weighted by Gasteiger charge is -2.39. The summed E-state index contributed by atoms with van der Waals surface area (Å²) in [5, 5.41) is 3.06. The minimum atomic E-state index is -0.483. The second-order valence-corrected chi connectivity index (χ2v) is 8.37. The van der Waals surface area contributed by atoms with Gasteiger partial charge in [-0.3, -0.25) is 4.79 Å². The van der Waals surface area contributed by atoms with Crippen LogP contribution in [0.1, 0.15) is 57.9 Å². The van der Waals surface area contributed by atoms with Crippen molar-refractivity contribution in [3.8, 4) is 0 Å². The fourth-order valence-corrected chi connectivity index (χ4v) is 4.53. The summed E-state index contributed by atoms with van der Waals surface area (Å²) in [7, 11) is 0. The Morgan fingerprint density at radius 2 is 1.75 bits per heavy atom. The SMILES string of the molecule is CC(C)(OC(=O)C1(c2ccc(Cl)cc2)CCCC1)C1CC[NH2+]CC1. The highest BCUT2D eigenvalue weighted by atomic mass is 35.5. The van der Waals surface area contributed by atoms with Gasteiger partial charge in [0.25, 0.3) is 0 Å². The first-order chi connectivity index (χ1) is 11.4. The molecular weight excluding hydrogens is 322 g/mol. The number of quaternary nitrogens is 1. The lowest BCUT2D eigenvalue weighted by molar-refractivity contribution is -0.665. The molecule has 2 aliphatic rings. The number of esters is 1. The lowest BCUT2D eigenvalue weighted by Crippen LogP contribution is -2.86. The number of hydrogen-bond donors (Lipinski definition) is 1. The molecule has 132 valence electrons. The van der Waals surface area contributed by atoms with E-state index < -0.39 is 11.0 Å². The number of hydrogen-bond acceptors (Lipinski definition) is 2. The first kappa shape index (κ1) is 17.8. The molecule has 1 saturated carbocycles. The Balaban J connectivity index is 1.81. The molecule has 1 aliphatic heterocycles. The van der Waals surface area contributed by atoms with Crippen molar-refractivity contribution in [2.45, 2.75) is 63.4 Å². The molecule has 24 heavy (non-hydrogen) atoms. The van der Waals surface area contributed by atoms with Crippen molar-refractivity contribution in [1.29, 1.82) is 0 Å². The van der Waals surface area contributed by atoms with E-state index in [-0.39, 0.29) is 5.97 Å². The van der Waals surface area contributed by atoms with Gasteiger partial charge in [0.15, 0.2) is 0 Å². The maximum absolute atomic E-state index is 13.2. The number of benzene rings is 1. The molecule has 1 heterocycles. The molecule has 0 atom stereocenters. The number of ether oxygens (including phenoxy) is 1. The first-order valence-corrected chi connectivity index (χ1v) is 9.63. The fraction of sp³-hybridized carbons (Fsp3) is 0.650. The summed E-state index contributed by atoms with van der Waals surface area (Å²) in [6.07, 6.45) is 6.15. The van der Waals surface area contributed by atoms with Gasteiger partial charge in [-0.2, -0.15) is 0 Å². The minimum absolute atomic E-state index is 0.0399. The maximum Gasteiger partial charge on any atom is 0.317 e. The highest BCUT2D eigenvalue weighted by Gasteiger charge is 2.47. The Labute approximate surface area is 150 Å². The highest BCUT2D eigenvalue weighted by Crippen LogP contribution is 2.44. The predicted molar refractivity (Wildman–Crippen MR) is 96.2 cm³/mol. The Morgan fingerprint density at radius 3 is 2.33 bits per heavy atom. The molecule has 0 unspecified atom stereocenters. The number of piperidine rings is 1. The zero-order valence-corrected chi connectivity index (χ0v) is 15.6. The molecule has 2 N–H and O–H groups in total. The summed E-state index contributed by atoms with van der Waals surface area (Å²) in [6.45, 7) is 6.44. The molecule has 3 rings (SSSR count). The van der Waals surface area contributed by atoms with Gasteiger partial charge in [0.05, 0.1) is 18.5 Å². The molecule has 0 radical (unpaired) electrons. The fourth-order valence-electron chi connectivity index (χ4n) is 4.40. The van der Waals surface area contributed by atoms with Gasteiger partial charge in [0.1, 0.15) is 5.60 Å². The third-order valence-electron chi connectivity index (χ3n) is 6.02. The molecule has 4 heteroatoms. The molecule has 0 aromatic heterocycles. The maximum atomic E-state index is 13.2. The first-order valence-electron chi connectivity index (χ1n) is 9.25. The third-order valence-corrected chi connectivity index (χ3v) is 6.27. The van der Waals surface area contributed by atoms with E-state index in [4.69, 9.17) is 16.3 Å². The smallest absolute Gasteiger partial charge is 0.317 e. The van der Waals surface area contributed by atoms with Crippen molar-refractivity contribution < 1.29 is 14.8 Å². The molecule has 0 bridgehead atoms. The molecule has 1 saturated heterocycles. The van der Waals surface area contributed by atoms with E-state index in [9.17, 15) is 4.79 Å². The van der Waals surface area contributed by atoms with Crippen LogP contribution in [0.3, 0.4) is 0 Å². The normalized spacial score (nSPS) is 21.6. The number of carbonyl (C=O) groups excluding carboxylic acids is 1. The lowest BCUT2D eigenvalue weighted by atomic mass is 9.78. The van der Waals surface area contributed by atoms with Crippen LogP contribution in [0.5, 0.6) is 0 Å². The van der Waals surface area contributed by atoms with Gasteiger partial charge in [0, 0.05) is 23.8 Å².